The predicted molar refractivity (Wildman–Crippen MR) is 105 cm³/mol. The second kappa shape index (κ2) is 8.31. The molecule has 3 aromatic rings. The van der Waals surface area contributed by atoms with E-state index in [2.05, 4.69) is 25.3 Å². The molecule has 0 spiro atoms. The Morgan fingerprint density at radius 3 is 2.32 bits per heavy atom. The van der Waals surface area contributed by atoms with Crippen LogP contribution in [-0.4, -0.2) is 67.2 Å². The first-order valence-corrected chi connectivity index (χ1v) is 11.6. The molecule has 3 aromatic heterocycles. The molecule has 3 heterocycles. The fourth-order valence-corrected chi connectivity index (χ4v) is 5.05. The number of nitrogens with one attached hydrogen (secondary N) is 2. The van der Waals surface area contributed by atoms with Gasteiger partial charge in [0.15, 0.2) is 14.9 Å². The Kier molecular flexibility index (Phi) is 5.94. The molecule has 16 heteroatoms. The number of ether oxygens (including phenoxy) is 2. The number of amides is 2. The lowest BCUT2D eigenvalue weighted by Crippen LogP contribution is -2.36. The second-order valence-electron chi connectivity index (χ2n) is 5.77. The van der Waals surface area contributed by atoms with Gasteiger partial charge in [0, 0.05) is 6.20 Å². The summed E-state index contributed by atoms with van der Waals surface area (Å²) in [5, 5.41) is 0.665. The maximum absolute atomic E-state index is 12.9. The third-order valence-corrected chi connectivity index (χ3v) is 6.95. The van der Waals surface area contributed by atoms with Crippen molar-refractivity contribution in [3.8, 4) is 11.8 Å². The number of sulfone groups is 1. The van der Waals surface area contributed by atoms with Crippen molar-refractivity contribution in [3.05, 3.63) is 24.7 Å². The fraction of sp³-hybridized carbons (Fsp3) is 0.267. The van der Waals surface area contributed by atoms with Crippen LogP contribution in [0.5, 0.6) is 11.8 Å². The van der Waals surface area contributed by atoms with Crippen LogP contribution in [0.25, 0.3) is 5.65 Å². The standard InChI is InChI=1S/C15H17N7O7S2/c1-4-30(24,25)12-13(22-8-16-6-5-9(22)17-12)31(26,27)21-15(23)20-14-18-10(28-2)7-11(19-14)29-3/h5-8H,4H2,1-3H3,(H2,18,19,20,21,23). The minimum absolute atomic E-state index is 0.0173. The molecule has 0 radical (unpaired) electrons. The van der Waals surface area contributed by atoms with E-state index in [4.69, 9.17) is 9.47 Å². The summed E-state index contributed by atoms with van der Waals surface area (Å²) in [5.41, 5.74) is 0.0173. The number of anilines is 1. The number of hydrogen-bond acceptors (Lipinski definition) is 11. The zero-order valence-corrected chi connectivity index (χ0v) is 18.1. The molecule has 0 aliphatic heterocycles. The molecular weight excluding hydrogens is 454 g/mol. The molecule has 3 rings (SSSR count). The minimum Gasteiger partial charge on any atom is -0.481 e. The molecule has 0 fully saturated rings. The van der Waals surface area contributed by atoms with Crippen molar-refractivity contribution in [2.75, 3.05) is 25.3 Å². The average Bonchev–Trinajstić information content (AvgIpc) is 3.14. The van der Waals surface area contributed by atoms with Crippen LogP contribution < -0.4 is 19.5 Å². The maximum Gasteiger partial charge on any atom is 0.335 e. The van der Waals surface area contributed by atoms with Crippen LogP contribution in [-0.2, 0) is 19.9 Å². The topological polar surface area (TPSA) is 184 Å². The lowest BCUT2D eigenvalue weighted by atomic mass is 10.6. The van der Waals surface area contributed by atoms with Gasteiger partial charge in [-0.05, 0) is 6.07 Å². The number of carbonyl (C=O) groups is 1. The lowest BCUT2D eigenvalue weighted by molar-refractivity contribution is 0.256. The van der Waals surface area contributed by atoms with Gasteiger partial charge >= 0.3 is 6.03 Å². The largest absolute Gasteiger partial charge is 0.481 e. The molecule has 2 N–H and O–H groups in total. The number of imidazole rings is 1. The van der Waals surface area contributed by atoms with Gasteiger partial charge in [-0.25, -0.2) is 27.9 Å². The van der Waals surface area contributed by atoms with Gasteiger partial charge in [0.25, 0.3) is 10.0 Å². The summed E-state index contributed by atoms with van der Waals surface area (Å²) in [4.78, 5) is 27.7. The zero-order chi connectivity index (χ0) is 22.8. The van der Waals surface area contributed by atoms with Crippen LogP contribution in [0.2, 0.25) is 0 Å². The summed E-state index contributed by atoms with van der Waals surface area (Å²) in [6.07, 6.45) is 2.38. The van der Waals surface area contributed by atoms with E-state index in [-0.39, 0.29) is 23.4 Å². The molecule has 0 aliphatic carbocycles. The quantitative estimate of drug-likeness (QED) is 0.466. The van der Waals surface area contributed by atoms with E-state index in [1.807, 2.05) is 0 Å². The molecule has 14 nitrogen and oxygen atoms in total. The van der Waals surface area contributed by atoms with Crippen LogP contribution >= 0.6 is 0 Å². The van der Waals surface area contributed by atoms with E-state index < -0.39 is 41.7 Å². The molecule has 0 saturated carbocycles. The van der Waals surface area contributed by atoms with Gasteiger partial charge in [-0.1, -0.05) is 6.92 Å². The molecule has 31 heavy (non-hydrogen) atoms. The van der Waals surface area contributed by atoms with Crippen molar-refractivity contribution in [1.82, 2.24) is 29.1 Å². The van der Waals surface area contributed by atoms with Gasteiger partial charge in [-0.2, -0.15) is 18.4 Å². The molecule has 0 atom stereocenters. The van der Waals surface area contributed by atoms with E-state index in [1.54, 1.807) is 4.72 Å². The van der Waals surface area contributed by atoms with Gasteiger partial charge in [0.1, 0.15) is 12.0 Å². The number of nitrogens with zero attached hydrogens (tertiary/aromatic N) is 5. The number of aromatic nitrogens is 5. The van der Waals surface area contributed by atoms with Gasteiger partial charge < -0.3 is 9.47 Å². The van der Waals surface area contributed by atoms with Crippen LogP contribution in [0.1, 0.15) is 6.92 Å². The van der Waals surface area contributed by atoms with Gasteiger partial charge in [-0.3, -0.25) is 9.72 Å². The van der Waals surface area contributed by atoms with Gasteiger partial charge in [0.2, 0.25) is 22.7 Å². The van der Waals surface area contributed by atoms with Gasteiger partial charge in [0.05, 0.1) is 26.0 Å². The molecule has 0 unspecified atom stereocenters. The molecule has 2 amide bonds. The fourth-order valence-electron chi connectivity index (χ4n) is 2.41. The van der Waals surface area contributed by atoms with Crippen molar-refractivity contribution in [3.63, 3.8) is 0 Å². The SMILES string of the molecule is CCS(=O)(=O)c1nc2ccncn2c1S(=O)(=O)NC(=O)Nc1nc(OC)cc(OC)n1. The molecular formula is C15H17N7O7S2. The third kappa shape index (κ3) is 4.48. The first-order chi connectivity index (χ1) is 14.6. The Bertz CT molecular complexity index is 1330. The van der Waals surface area contributed by atoms with Crippen molar-refractivity contribution in [2.24, 2.45) is 0 Å². The Hall–Kier alpha value is -3.53. The Morgan fingerprint density at radius 1 is 1.10 bits per heavy atom. The Morgan fingerprint density at radius 2 is 1.74 bits per heavy atom. The highest BCUT2D eigenvalue weighted by molar-refractivity contribution is 7.93. The number of sulfonamides is 1. The molecule has 166 valence electrons. The smallest absolute Gasteiger partial charge is 0.335 e. The predicted octanol–water partition coefficient (Wildman–Crippen LogP) is -0.159. The molecule has 0 saturated heterocycles. The second-order valence-corrected chi connectivity index (χ2v) is 9.56. The first kappa shape index (κ1) is 22.2. The summed E-state index contributed by atoms with van der Waals surface area (Å²) in [6.45, 7) is 1.33. The van der Waals surface area contributed by atoms with E-state index in [9.17, 15) is 21.6 Å². The summed E-state index contributed by atoms with van der Waals surface area (Å²) in [7, 11) is -6.12. The average molecular weight is 471 g/mol. The summed E-state index contributed by atoms with van der Waals surface area (Å²) < 4.78 is 63.2. The Balaban J connectivity index is 1.99. The highest BCUT2D eigenvalue weighted by Crippen LogP contribution is 2.23. The van der Waals surface area contributed by atoms with E-state index in [0.717, 1.165) is 10.7 Å². The van der Waals surface area contributed by atoms with Crippen molar-refractivity contribution >= 4 is 37.5 Å². The number of methoxy groups -OCH3 is 2. The van der Waals surface area contributed by atoms with Crippen LogP contribution in [0.4, 0.5) is 10.7 Å². The molecule has 0 aliphatic rings. The van der Waals surface area contributed by atoms with Crippen LogP contribution in [0.3, 0.4) is 0 Å². The summed E-state index contributed by atoms with van der Waals surface area (Å²) in [6, 6.07) is 1.41. The molecule has 0 aromatic carbocycles. The Labute approximate surface area is 176 Å². The monoisotopic (exact) mass is 471 g/mol. The maximum atomic E-state index is 12.9. The summed E-state index contributed by atoms with van der Waals surface area (Å²) in [5.74, 6) is -0.621. The number of carbonyl (C=O) groups excluding carboxylic acids is 1. The zero-order valence-electron chi connectivity index (χ0n) is 16.4. The number of hydrogen-bond donors (Lipinski definition) is 2. The van der Waals surface area contributed by atoms with E-state index in [1.165, 1.54) is 39.5 Å². The highest BCUT2D eigenvalue weighted by atomic mass is 32.2. The first-order valence-electron chi connectivity index (χ1n) is 8.47. The molecule has 0 bridgehead atoms. The number of fused-ring (bicyclic) bond motifs is 1. The normalized spacial score (nSPS) is 11.8. The third-order valence-electron chi connectivity index (χ3n) is 3.84. The van der Waals surface area contributed by atoms with Gasteiger partial charge in [-0.15, -0.1) is 0 Å². The number of rotatable bonds is 7. The van der Waals surface area contributed by atoms with Crippen LogP contribution in [0.15, 0.2) is 34.7 Å². The van der Waals surface area contributed by atoms with E-state index >= 15 is 0 Å². The highest BCUT2D eigenvalue weighted by Gasteiger charge is 2.33. The van der Waals surface area contributed by atoms with Crippen molar-refractivity contribution in [1.29, 1.82) is 0 Å². The van der Waals surface area contributed by atoms with Crippen molar-refractivity contribution in [2.45, 2.75) is 17.0 Å². The number of urea groups is 1. The summed E-state index contributed by atoms with van der Waals surface area (Å²) >= 11 is 0. The van der Waals surface area contributed by atoms with Crippen LogP contribution in [0, 0.1) is 0 Å². The minimum atomic E-state index is -4.72. The van der Waals surface area contributed by atoms with Crippen molar-refractivity contribution < 1.29 is 31.1 Å². The van der Waals surface area contributed by atoms with E-state index in [0.29, 0.717) is 0 Å². The lowest BCUT2D eigenvalue weighted by Gasteiger charge is -2.10.